The second-order valence-electron chi connectivity index (χ2n) is 4.99. The molecule has 0 saturated carbocycles. The topological polar surface area (TPSA) is 64.3 Å². The molecule has 1 aliphatic heterocycles. The fourth-order valence-electron chi connectivity index (χ4n) is 2.58. The largest absolute Gasteiger partial charge is 0.481 e. The second-order valence-corrected chi connectivity index (χ2v) is 5.42. The molecule has 0 amide bonds. The lowest BCUT2D eigenvalue weighted by Crippen LogP contribution is -2.31. The van der Waals surface area contributed by atoms with Gasteiger partial charge in [-0.2, -0.15) is 5.26 Å². The zero-order valence-corrected chi connectivity index (χ0v) is 11.5. The molecule has 0 spiro atoms. The number of nitrogens with zero attached hydrogens (tertiary/aromatic N) is 2. The van der Waals surface area contributed by atoms with Gasteiger partial charge in [0.25, 0.3) is 0 Å². The Labute approximate surface area is 121 Å². The van der Waals surface area contributed by atoms with E-state index in [0.717, 1.165) is 0 Å². The molecule has 0 radical (unpaired) electrons. The standard InChI is InChI=1S/C14H14ClFN2O2/c15-10-1-2-11(12(16)7-10)14(8-17)4-6-18(9-14)5-3-13(19)20/h1-2,7H,3-6,9H2,(H,19,20). The highest BCUT2D eigenvalue weighted by Gasteiger charge is 2.41. The van der Waals surface area contributed by atoms with Crippen molar-refractivity contribution in [2.24, 2.45) is 0 Å². The molecule has 1 heterocycles. The van der Waals surface area contributed by atoms with Crippen LogP contribution in [0.1, 0.15) is 18.4 Å². The Morgan fingerprint density at radius 3 is 2.95 bits per heavy atom. The molecular weight excluding hydrogens is 283 g/mol. The van der Waals surface area contributed by atoms with E-state index >= 15 is 0 Å². The van der Waals surface area contributed by atoms with Gasteiger partial charge < -0.3 is 10.0 Å². The van der Waals surface area contributed by atoms with Crippen LogP contribution in [0.2, 0.25) is 5.02 Å². The van der Waals surface area contributed by atoms with Gasteiger partial charge in [-0.1, -0.05) is 17.7 Å². The molecule has 1 aromatic carbocycles. The van der Waals surface area contributed by atoms with Crippen LogP contribution in [-0.4, -0.2) is 35.6 Å². The molecule has 1 aliphatic rings. The number of carbonyl (C=O) groups is 1. The molecule has 1 atom stereocenters. The maximum Gasteiger partial charge on any atom is 0.304 e. The van der Waals surface area contributed by atoms with Gasteiger partial charge in [-0.25, -0.2) is 4.39 Å². The number of rotatable bonds is 4. The quantitative estimate of drug-likeness (QED) is 0.927. The second kappa shape index (κ2) is 5.78. The number of likely N-dealkylation sites (tertiary alicyclic amines) is 1. The third-order valence-corrected chi connectivity index (χ3v) is 3.89. The van der Waals surface area contributed by atoms with Crippen LogP contribution in [0, 0.1) is 17.1 Å². The SMILES string of the molecule is N#CC1(c2ccc(Cl)cc2F)CCN(CCC(=O)O)C1. The van der Waals surface area contributed by atoms with Crippen LogP contribution in [-0.2, 0) is 10.2 Å². The van der Waals surface area contributed by atoms with Gasteiger partial charge in [0.15, 0.2) is 0 Å². The third-order valence-electron chi connectivity index (χ3n) is 3.65. The van der Waals surface area contributed by atoms with E-state index in [9.17, 15) is 14.4 Å². The highest BCUT2D eigenvalue weighted by Crippen LogP contribution is 2.36. The Morgan fingerprint density at radius 2 is 2.35 bits per heavy atom. The van der Waals surface area contributed by atoms with Crippen LogP contribution in [0.15, 0.2) is 18.2 Å². The van der Waals surface area contributed by atoms with E-state index in [1.54, 1.807) is 12.1 Å². The van der Waals surface area contributed by atoms with Crippen LogP contribution >= 0.6 is 11.6 Å². The summed E-state index contributed by atoms with van der Waals surface area (Å²) in [5.74, 6) is -1.36. The number of nitriles is 1. The Morgan fingerprint density at radius 1 is 1.60 bits per heavy atom. The summed E-state index contributed by atoms with van der Waals surface area (Å²) in [6.45, 7) is 1.30. The van der Waals surface area contributed by atoms with Crippen molar-refractivity contribution in [2.75, 3.05) is 19.6 Å². The first-order valence-corrected chi connectivity index (χ1v) is 6.65. The molecule has 1 fully saturated rings. The van der Waals surface area contributed by atoms with Gasteiger partial charge in [0.1, 0.15) is 5.82 Å². The number of halogens is 2. The fourth-order valence-corrected chi connectivity index (χ4v) is 2.74. The zero-order valence-electron chi connectivity index (χ0n) is 10.8. The van der Waals surface area contributed by atoms with Gasteiger partial charge in [-0.05, 0) is 18.6 Å². The maximum absolute atomic E-state index is 14.0. The zero-order chi connectivity index (χ0) is 14.8. The summed E-state index contributed by atoms with van der Waals surface area (Å²) < 4.78 is 14.0. The maximum atomic E-state index is 14.0. The fraction of sp³-hybridized carbons (Fsp3) is 0.429. The van der Waals surface area contributed by atoms with Crippen LogP contribution in [0.4, 0.5) is 4.39 Å². The summed E-state index contributed by atoms with van der Waals surface area (Å²) in [5, 5.41) is 18.4. The first-order valence-electron chi connectivity index (χ1n) is 6.28. The van der Waals surface area contributed by atoms with Crippen molar-refractivity contribution in [1.29, 1.82) is 5.26 Å². The van der Waals surface area contributed by atoms with E-state index in [1.807, 2.05) is 4.90 Å². The minimum atomic E-state index is -0.923. The Balaban J connectivity index is 2.20. The van der Waals surface area contributed by atoms with Crippen molar-refractivity contribution in [3.63, 3.8) is 0 Å². The van der Waals surface area contributed by atoms with E-state index in [0.29, 0.717) is 36.6 Å². The summed E-state index contributed by atoms with van der Waals surface area (Å²) in [4.78, 5) is 12.5. The molecule has 1 unspecified atom stereocenters. The van der Waals surface area contributed by atoms with Gasteiger partial charge in [-0.15, -0.1) is 0 Å². The summed E-state index contributed by atoms with van der Waals surface area (Å²) >= 11 is 5.73. The lowest BCUT2D eigenvalue weighted by atomic mass is 9.81. The number of hydrogen-bond acceptors (Lipinski definition) is 3. The minimum Gasteiger partial charge on any atom is -0.481 e. The predicted octanol–water partition coefficient (Wildman–Crippen LogP) is 2.42. The van der Waals surface area contributed by atoms with E-state index in [-0.39, 0.29) is 6.42 Å². The van der Waals surface area contributed by atoms with Crippen molar-refractivity contribution < 1.29 is 14.3 Å². The smallest absolute Gasteiger partial charge is 0.304 e. The van der Waals surface area contributed by atoms with Gasteiger partial charge in [0.05, 0.1) is 17.9 Å². The van der Waals surface area contributed by atoms with E-state index in [4.69, 9.17) is 16.7 Å². The number of carboxylic acid groups (broad SMARTS) is 1. The predicted molar refractivity (Wildman–Crippen MR) is 72.0 cm³/mol. The summed E-state index contributed by atoms with van der Waals surface area (Å²) in [5.41, 5.74) is -0.588. The number of aliphatic carboxylic acids is 1. The molecule has 1 N–H and O–H groups in total. The van der Waals surface area contributed by atoms with Gasteiger partial charge in [0.2, 0.25) is 0 Å². The molecule has 2 rings (SSSR count). The molecule has 1 saturated heterocycles. The van der Waals surface area contributed by atoms with E-state index < -0.39 is 17.2 Å². The highest BCUT2D eigenvalue weighted by atomic mass is 35.5. The van der Waals surface area contributed by atoms with Gasteiger partial charge >= 0.3 is 5.97 Å². The molecule has 4 nitrogen and oxygen atoms in total. The Kier molecular flexibility index (Phi) is 4.26. The first-order chi connectivity index (χ1) is 9.47. The Hall–Kier alpha value is -1.64. The molecule has 1 aromatic rings. The monoisotopic (exact) mass is 296 g/mol. The van der Waals surface area contributed by atoms with Crippen molar-refractivity contribution in [1.82, 2.24) is 4.90 Å². The van der Waals surface area contributed by atoms with E-state index in [2.05, 4.69) is 6.07 Å². The lowest BCUT2D eigenvalue weighted by molar-refractivity contribution is -0.137. The molecule has 20 heavy (non-hydrogen) atoms. The van der Waals surface area contributed by atoms with Crippen LogP contribution in [0.25, 0.3) is 0 Å². The molecule has 6 heteroatoms. The molecule has 0 bridgehead atoms. The van der Waals surface area contributed by atoms with Gasteiger partial charge in [-0.3, -0.25) is 4.79 Å². The van der Waals surface area contributed by atoms with Gasteiger partial charge in [0, 0.05) is 30.2 Å². The van der Waals surface area contributed by atoms with Crippen molar-refractivity contribution >= 4 is 17.6 Å². The summed E-state index contributed by atoms with van der Waals surface area (Å²) in [6, 6.07) is 6.52. The van der Waals surface area contributed by atoms with Crippen molar-refractivity contribution in [3.8, 4) is 6.07 Å². The first kappa shape index (κ1) is 14.8. The molecule has 0 aliphatic carbocycles. The van der Waals surface area contributed by atoms with E-state index in [1.165, 1.54) is 6.07 Å². The van der Waals surface area contributed by atoms with Crippen LogP contribution < -0.4 is 0 Å². The Bertz CT molecular complexity index is 573. The molecule has 0 aromatic heterocycles. The number of hydrogen-bond donors (Lipinski definition) is 1. The minimum absolute atomic E-state index is 0.0185. The number of benzene rings is 1. The summed E-state index contributed by atoms with van der Waals surface area (Å²) in [7, 11) is 0. The summed E-state index contributed by atoms with van der Waals surface area (Å²) in [6.07, 6.45) is 0.506. The number of carboxylic acids is 1. The lowest BCUT2D eigenvalue weighted by Gasteiger charge is -2.22. The van der Waals surface area contributed by atoms with Crippen LogP contribution in [0.3, 0.4) is 0 Å². The molecular formula is C14H14ClFN2O2. The van der Waals surface area contributed by atoms with Crippen LogP contribution in [0.5, 0.6) is 0 Å². The average Bonchev–Trinajstić information content (AvgIpc) is 2.81. The highest BCUT2D eigenvalue weighted by molar-refractivity contribution is 6.30. The molecule has 106 valence electrons. The normalized spacial score (nSPS) is 22.6. The van der Waals surface area contributed by atoms with Crippen molar-refractivity contribution in [3.05, 3.63) is 34.6 Å². The average molecular weight is 297 g/mol. The van der Waals surface area contributed by atoms with Crippen molar-refractivity contribution in [2.45, 2.75) is 18.3 Å². The third kappa shape index (κ3) is 2.92.